The Morgan fingerprint density at radius 3 is 2.37 bits per heavy atom. The van der Waals surface area contributed by atoms with E-state index in [-0.39, 0.29) is 15.6 Å². The van der Waals surface area contributed by atoms with E-state index in [1.165, 1.54) is 23.1 Å². The van der Waals surface area contributed by atoms with Gasteiger partial charge in [0.15, 0.2) is 0 Å². The largest absolute Gasteiger partial charge is 0.408 e. The second-order valence-corrected chi connectivity index (χ2v) is 5.24. The van der Waals surface area contributed by atoms with Gasteiger partial charge < -0.3 is 5.32 Å². The van der Waals surface area contributed by atoms with Crippen LogP contribution in [0.15, 0.2) is 18.2 Å². The second-order valence-electron chi connectivity index (χ2n) is 4.40. The lowest BCUT2D eigenvalue weighted by Crippen LogP contribution is -2.49. The zero-order chi connectivity index (χ0) is 14.0. The van der Waals surface area contributed by atoms with Crippen LogP contribution in [0.2, 0.25) is 10.0 Å². The SMILES string of the molecule is FC(F)(F)[C@@H](c1cc(Cl)ccc1Cl)N1CCNCC1. The van der Waals surface area contributed by atoms with Crippen molar-refractivity contribution in [2.45, 2.75) is 12.2 Å². The molecule has 106 valence electrons. The molecule has 1 heterocycles. The number of nitrogens with zero attached hydrogens (tertiary/aromatic N) is 1. The molecule has 0 spiro atoms. The maximum absolute atomic E-state index is 13.3. The number of nitrogens with one attached hydrogen (secondary N) is 1. The molecule has 0 amide bonds. The van der Waals surface area contributed by atoms with Crippen molar-refractivity contribution in [2.24, 2.45) is 0 Å². The average Bonchev–Trinajstić information content (AvgIpc) is 2.33. The first-order valence-electron chi connectivity index (χ1n) is 5.86. The van der Waals surface area contributed by atoms with Gasteiger partial charge in [0.2, 0.25) is 0 Å². The van der Waals surface area contributed by atoms with E-state index in [2.05, 4.69) is 5.32 Å². The van der Waals surface area contributed by atoms with Gasteiger partial charge in [-0.05, 0) is 23.8 Å². The Hall–Kier alpha value is -0.490. The van der Waals surface area contributed by atoms with Crippen molar-refractivity contribution in [3.8, 4) is 0 Å². The van der Waals surface area contributed by atoms with Gasteiger partial charge in [-0.2, -0.15) is 13.2 Å². The summed E-state index contributed by atoms with van der Waals surface area (Å²) in [6, 6.07) is 2.48. The molecule has 7 heteroatoms. The van der Waals surface area contributed by atoms with Crippen molar-refractivity contribution in [1.29, 1.82) is 0 Å². The Labute approximate surface area is 119 Å². The normalized spacial score (nSPS) is 19.4. The predicted octanol–water partition coefficient (Wildman–Crippen LogP) is 3.50. The smallest absolute Gasteiger partial charge is 0.314 e. The number of benzene rings is 1. The Bertz CT molecular complexity index is 445. The third kappa shape index (κ3) is 3.54. The fourth-order valence-electron chi connectivity index (χ4n) is 2.24. The van der Waals surface area contributed by atoms with Crippen molar-refractivity contribution in [3.05, 3.63) is 33.8 Å². The van der Waals surface area contributed by atoms with Crippen molar-refractivity contribution < 1.29 is 13.2 Å². The molecule has 0 aromatic heterocycles. The zero-order valence-corrected chi connectivity index (χ0v) is 11.5. The Balaban J connectivity index is 2.39. The van der Waals surface area contributed by atoms with Crippen LogP contribution in [0.5, 0.6) is 0 Å². The van der Waals surface area contributed by atoms with Crippen LogP contribution in [0.3, 0.4) is 0 Å². The Morgan fingerprint density at radius 1 is 1.16 bits per heavy atom. The molecule has 1 aliphatic rings. The number of hydrogen-bond acceptors (Lipinski definition) is 2. The minimum atomic E-state index is -4.38. The Kier molecular flexibility index (Phi) is 4.61. The van der Waals surface area contributed by atoms with Crippen LogP contribution in [-0.4, -0.2) is 37.3 Å². The third-order valence-electron chi connectivity index (χ3n) is 3.08. The minimum Gasteiger partial charge on any atom is -0.314 e. The molecule has 1 atom stereocenters. The standard InChI is InChI=1S/C12H13Cl2F3N2/c13-8-1-2-10(14)9(7-8)11(12(15,16)17)19-5-3-18-4-6-19/h1-2,7,11,18H,3-6H2/t11-/m1/s1. The van der Waals surface area contributed by atoms with E-state index < -0.39 is 12.2 Å². The van der Waals surface area contributed by atoms with Crippen LogP contribution in [0.25, 0.3) is 0 Å². The Morgan fingerprint density at radius 2 is 1.79 bits per heavy atom. The molecule has 19 heavy (non-hydrogen) atoms. The van der Waals surface area contributed by atoms with Crippen LogP contribution in [-0.2, 0) is 0 Å². The molecule has 0 bridgehead atoms. The highest BCUT2D eigenvalue weighted by molar-refractivity contribution is 6.33. The van der Waals surface area contributed by atoms with E-state index in [9.17, 15) is 13.2 Å². The van der Waals surface area contributed by atoms with Gasteiger partial charge in [-0.15, -0.1) is 0 Å². The van der Waals surface area contributed by atoms with E-state index in [4.69, 9.17) is 23.2 Å². The summed E-state index contributed by atoms with van der Waals surface area (Å²) >= 11 is 11.7. The molecule has 1 aromatic carbocycles. The molecular formula is C12H13Cl2F3N2. The summed E-state index contributed by atoms with van der Waals surface area (Å²) in [6.45, 7) is 1.72. The molecule has 0 saturated carbocycles. The molecule has 1 aromatic rings. The first kappa shape index (κ1) is 14.9. The summed E-state index contributed by atoms with van der Waals surface area (Å²) in [7, 11) is 0. The maximum Gasteiger partial charge on any atom is 0.408 e. The van der Waals surface area contributed by atoms with Gasteiger partial charge in [-0.25, -0.2) is 0 Å². The molecule has 0 aliphatic carbocycles. The first-order chi connectivity index (χ1) is 8.89. The number of piperazine rings is 1. The lowest BCUT2D eigenvalue weighted by molar-refractivity contribution is -0.187. The van der Waals surface area contributed by atoms with E-state index >= 15 is 0 Å². The van der Waals surface area contributed by atoms with Gasteiger partial charge in [0, 0.05) is 36.2 Å². The molecule has 2 nitrogen and oxygen atoms in total. The molecular weight excluding hydrogens is 300 g/mol. The zero-order valence-electron chi connectivity index (χ0n) is 9.97. The maximum atomic E-state index is 13.3. The number of halogens is 5. The molecule has 1 saturated heterocycles. The lowest BCUT2D eigenvalue weighted by atomic mass is 10.0. The van der Waals surface area contributed by atoms with Crippen molar-refractivity contribution in [3.63, 3.8) is 0 Å². The number of alkyl halides is 3. The quantitative estimate of drug-likeness (QED) is 0.899. The van der Waals surface area contributed by atoms with Gasteiger partial charge in [0.1, 0.15) is 6.04 Å². The third-order valence-corrected chi connectivity index (χ3v) is 3.66. The number of hydrogen-bond donors (Lipinski definition) is 1. The summed E-state index contributed by atoms with van der Waals surface area (Å²) in [4.78, 5) is 1.38. The van der Waals surface area contributed by atoms with Crippen LogP contribution in [0.4, 0.5) is 13.2 Å². The highest BCUT2D eigenvalue weighted by Crippen LogP contribution is 2.41. The number of rotatable bonds is 2. The van der Waals surface area contributed by atoms with Gasteiger partial charge in [-0.3, -0.25) is 4.90 Å². The fraction of sp³-hybridized carbons (Fsp3) is 0.500. The van der Waals surface area contributed by atoms with E-state index in [1.807, 2.05) is 0 Å². The predicted molar refractivity (Wildman–Crippen MR) is 69.7 cm³/mol. The van der Waals surface area contributed by atoms with Crippen molar-refractivity contribution in [2.75, 3.05) is 26.2 Å². The molecule has 1 fully saturated rings. The monoisotopic (exact) mass is 312 g/mol. The first-order valence-corrected chi connectivity index (χ1v) is 6.61. The van der Waals surface area contributed by atoms with Crippen LogP contribution in [0, 0.1) is 0 Å². The van der Waals surface area contributed by atoms with Crippen LogP contribution < -0.4 is 5.32 Å². The van der Waals surface area contributed by atoms with Crippen LogP contribution >= 0.6 is 23.2 Å². The molecule has 1 aliphatic heterocycles. The molecule has 0 unspecified atom stereocenters. The van der Waals surface area contributed by atoms with Gasteiger partial charge in [-0.1, -0.05) is 23.2 Å². The lowest BCUT2D eigenvalue weighted by Gasteiger charge is -2.36. The summed E-state index contributed by atoms with van der Waals surface area (Å²) in [5.74, 6) is 0. The van der Waals surface area contributed by atoms with Crippen molar-refractivity contribution in [1.82, 2.24) is 10.2 Å². The fourth-order valence-corrected chi connectivity index (χ4v) is 2.65. The average molecular weight is 313 g/mol. The summed E-state index contributed by atoms with van der Waals surface area (Å²) in [5.41, 5.74) is 0.0172. The van der Waals surface area contributed by atoms with E-state index in [1.54, 1.807) is 0 Å². The van der Waals surface area contributed by atoms with Crippen LogP contribution in [0.1, 0.15) is 11.6 Å². The highest BCUT2D eigenvalue weighted by Gasteiger charge is 2.45. The highest BCUT2D eigenvalue weighted by atomic mass is 35.5. The molecule has 0 radical (unpaired) electrons. The summed E-state index contributed by atoms with van der Waals surface area (Å²) in [6.07, 6.45) is -4.38. The summed E-state index contributed by atoms with van der Waals surface area (Å²) < 4.78 is 40.0. The minimum absolute atomic E-state index is 0.0172. The molecule has 2 rings (SSSR count). The molecule has 1 N–H and O–H groups in total. The second kappa shape index (κ2) is 5.87. The van der Waals surface area contributed by atoms with E-state index in [0.29, 0.717) is 26.2 Å². The van der Waals surface area contributed by atoms with Gasteiger partial charge in [0.25, 0.3) is 0 Å². The van der Waals surface area contributed by atoms with Crippen molar-refractivity contribution >= 4 is 23.2 Å². The van der Waals surface area contributed by atoms with Gasteiger partial charge >= 0.3 is 6.18 Å². The summed E-state index contributed by atoms with van der Waals surface area (Å²) in [5, 5.41) is 3.37. The van der Waals surface area contributed by atoms with E-state index in [0.717, 1.165) is 0 Å². The van der Waals surface area contributed by atoms with Gasteiger partial charge in [0.05, 0.1) is 0 Å². The topological polar surface area (TPSA) is 15.3 Å².